The molecule has 3 aromatic rings. The number of nitrogens with one attached hydrogen (secondary N) is 1. The molecule has 3 N–H and O–H groups in total. The van der Waals surface area contributed by atoms with Crippen molar-refractivity contribution in [1.82, 2.24) is 9.80 Å². The van der Waals surface area contributed by atoms with E-state index in [2.05, 4.69) is 10.2 Å². The van der Waals surface area contributed by atoms with Crippen LogP contribution in [0.3, 0.4) is 0 Å². The second-order valence-corrected chi connectivity index (χ2v) is 10.3. The van der Waals surface area contributed by atoms with E-state index < -0.39 is 11.9 Å². The number of amides is 2. The zero-order valence-corrected chi connectivity index (χ0v) is 22.5. The van der Waals surface area contributed by atoms with Crippen LogP contribution in [0.5, 0.6) is 0 Å². The molecule has 1 heterocycles. The van der Waals surface area contributed by atoms with E-state index in [9.17, 15) is 18.4 Å². The van der Waals surface area contributed by atoms with Crippen LogP contribution in [0.1, 0.15) is 41.0 Å². The third-order valence-electron chi connectivity index (χ3n) is 7.50. The number of hydrogen-bond donors (Lipinski definition) is 2. The van der Waals surface area contributed by atoms with Crippen molar-refractivity contribution in [2.24, 2.45) is 5.73 Å². The van der Waals surface area contributed by atoms with Crippen LogP contribution >= 0.6 is 0 Å². The highest BCUT2D eigenvalue weighted by Crippen LogP contribution is 2.30. The first-order valence-corrected chi connectivity index (χ1v) is 13.3. The number of hydrogen-bond acceptors (Lipinski definition) is 4. The summed E-state index contributed by atoms with van der Waals surface area (Å²) in [5.74, 6) is -1.18. The van der Waals surface area contributed by atoms with Crippen molar-refractivity contribution >= 4 is 17.5 Å². The number of piperazine rings is 1. The molecule has 0 bridgehead atoms. The van der Waals surface area contributed by atoms with E-state index >= 15 is 0 Å². The molecule has 0 radical (unpaired) electrons. The monoisotopic (exact) mass is 534 g/mol. The van der Waals surface area contributed by atoms with E-state index in [1.807, 2.05) is 36.9 Å². The number of rotatable bonds is 10. The lowest BCUT2D eigenvalue weighted by Crippen LogP contribution is -2.59. The minimum Gasteiger partial charge on any atom is -0.368 e. The Bertz CT molecular complexity index is 1220. The van der Waals surface area contributed by atoms with Gasteiger partial charge in [-0.05, 0) is 79.8 Å². The van der Waals surface area contributed by atoms with Crippen molar-refractivity contribution in [1.29, 1.82) is 0 Å². The first-order chi connectivity index (χ1) is 18.7. The van der Waals surface area contributed by atoms with Crippen molar-refractivity contribution in [3.8, 4) is 0 Å². The Morgan fingerprint density at radius 1 is 0.923 bits per heavy atom. The summed E-state index contributed by atoms with van der Waals surface area (Å²) in [6.07, 6.45) is 1.50. The summed E-state index contributed by atoms with van der Waals surface area (Å²) in [7, 11) is 0. The number of carbonyl (C=O) groups is 2. The van der Waals surface area contributed by atoms with Crippen LogP contribution in [0.4, 0.5) is 14.5 Å². The molecule has 1 fully saturated rings. The Morgan fingerprint density at radius 3 is 2.03 bits per heavy atom. The SMILES string of the molecule is Cc1cccc(C)c1NC(=O)CN1CCN(CCCC(c2ccc(F)cc2)c2ccc(F)cc2)C(C(N)=O)C1. The van der Waals surface area contributed by atoms with Crippen molar-refractivity contribution in [3.63, 3.8) is 0 Å². The lowest BCUT2D eigenvalue weighted by atomic mass is 9.87. The summed E-state index contributed by atoms with van der Waals surface area (Å²) in [6.45, 7) is 6.39. The summed E-state index contributed by atoms with van der Waals surface area (Å²) in [4.78, 5) is 29.2. The first-order valence-electron chi connectivity index (χ1n) is 13.3. The Hall–Kier alpha value is -3.62. The van der Waals surface area contributed by atoms with Crippen LogP contribution in [0.15, 0.2) is 66.7 Å². The maximum absolute atomic E-state index is 13.5. The molecule has 0 aromatic heterocycles. The van der Waals surface area contributed by atoms with Crippen LogP contribution in [-0.2, 0) is 9.59 Å². The van der Waals surface area contributed by atoms with Gasteiger partial charge in [0.05, 0.1) is 6.54 Å². The Balaban J connectivity index is 1.36. The van der Waals surface area contributed by atoms with Gasteiger partial charge in [0, 0.05) is 31.2 Å². The maximum Gasteiger partial charge on any atom is 0.238 e. The van der Waals surface area contributed by atoms with Gasteiger partial charge in [-0.15, -0.1) is 0 Å². The molecule has 0 saturated carbocycles. The second-order valence-electron chi connectivity index (χ2n) is 10.3. The summed E-state index contributed by atoms with van der Waals surface area (Å²) in [5.41, 5.74) is 10.5. The molecule has 39 heavy (non-hydrogen) atoms. The van der Waals surface area contributed by atoms with Gasteiger partial charge >= 0.3 is 0 Å². The summed E-state index contributed by atoms with van der Waals surface area (Å²) in [6, 6.07) is 18.2. The molecular formula is C31H36F2N4O2. The zero-order valence-electron chi connectivity index (χ0n) is 22.5. The van der Waals surface area contributed by atoms with E-state index in [-0.39, 0.29) is 30.0 Å². The summed E-state index contributed by atoms with van der Waals surface area (Å²) in [5, 5.41) is 3.01. The first kappa shape index (κ1) is 28.4. The minimum atomic E-state index is -0.498. The second kappa shape index (κ2) is 13.0. The van der Waals surface area contributed by atoms with E-state index in [1.54, 1.807) is 24.3 Å². The number of primary amides is 1. The van der Waals surface area contributed by atoms with Gasteiger partial charge in [-0.25, -0.2) is 8.78 Å². The standard InChI is InChI=1S/C31H36F2N4O2/c1-21-5-3-6-22(2)30(21)35-29(38)20-36-17-18-37(28(19-36)31(34)39)16-4-7-27(23-8-12-25(32)13-9-23)24-10-14-26(33)15-11-24/h3,5-6,8-15,27-28H,4,7,16-20H2,1-2H3,(H2,34,39)(H,35,38). The van der Waals surface area contributed by atoms with Crippen molar-refractivity contribution < 1.29 is 18.4 Å². The molecule has 0 spiro atoms. The fraction of sp³-hybridized carbons (Fsp3) is 0.355. The van der Waals surface area contributed by atoms with Gasteiger partial charge in [0.25, 0.3) is 0 Å². The van der Waals surface area contributed by atoms with E-state index in [0.29, 0.717) is 26.2 Å². The highest BCUT2D eigenvalue weighted by atomic mass is 19.1. The molecule has 1 saturated heterocycles. The lowest BCUT2D eigenvalue weighted by molar-refractivity contribution is -0.127. The molecule has 2 amide bonds. The Labute approximate surface area is 228 Å². The van der Waals surface area contributed by atoms with Crippen LogP contribution < -0.4 is 11.1 Å². The number of carbonyl (C=O) groups excluding carboxylic acids is 2. The smallest absolute Gasteiger partial charge is 0.238 e. The Kier molecular flexibility index (Phi) is 9.43. The van der Waals surface area contributed by atoms with Crippen molar-refractivity contribution in [3.05, 3.63) is 101 Å². The van der Waals surface area contributed by atoms with Gasteiger partial charge in [0.2, 0.25) is 11.8 Å². The molecule has 1 aliphatic rings. The van der Waals surface area contributed by atoms with E-state index in [4.69, 9.17) is 5.73 Å². The van der Waals surface area contributed by atoms with Crippen LogP contribution in [0.2, 0.25) is 0 Å². The number of nitrogens with zero attached hydrogens (tertiary/aromatic N) is 2. The van der Waals surface area contributed by atoms with E-state index in [1.165, 1.54) is 24.3 Å². The fourth-order valence-electron chi connectivity index (χ4n) is 5.37. The number of anilines is 1. The van der Waals surface area contributed by atoms with Gasteiger partial charge < -0.3 is 11.1 Å². The molecule has 1 unspecified atom stereocenters. The third kappa shape index (κ3) is 7.49. The highest BCUT2D eigenvalue weighted by Gasteiger charge is 2.31. The van der Waals surface area contributed by atoms with Gasteiger partial charge in [0.15, 0.2) is 0 Å². The van der Waals surface area contributed by atoms with Crippen molar-refractivity contribution in [2.45, 2.75) is 38.6 Å². The van der Waals surface area contributed by atoms with Gasteiger partial charge in [0.1, 0.15) is 17.7 Å². The maximum atomic E-state index is 13.5. The Morgan fingerprint density at radius 2 is 1.49 bits per heavy atom. The van der Waals surface area contributed by atoms with Gasteiger partial charge in [-0.3, -0.25) is 19.4 Å². The van der Waals surface area contributed by atoms with Crippen molar-refractivity contribution in [2.75, 3.05) is 38.0 Å². The fourth-order valence-corrected chi connectivity index (χ4v) is 5.37. The van der Waals surface area contributed by atoms with Crippen LogP contribution in [0.25, 0.3) is 0 Å². The number of aryl methyl sites for hydroxylation is 2. The summed E-state index contributed by atoms with van der Waals surface area (Å²) >= 11 is 0. The molecule has 6 nitrogen and oxygen atoms in total. The predicted molar refractivity (Wildman–Crippen MR) is 149 cm³/mol. The number of para-hydroxylation sites is 1. The average Bonchev–Trinajstić information content (AvgIpc) is 2.91. The number of benzene rings is 3. The number of nitrogens with two attached hydrogens (primary N) is 1. The van der Waals surface area contributed by atoms with Crippen LogP contribution in [-0.4, -0.2) is 60.4 Å². The zero-order chi connectivity index (χ0) is 27.9. The molecule has 1 aliphatic heterocycles. The van der Waals surface area contributed by atoms with Crippen LogP contribution in [0, 0.1) is 25.5 Å². The van der Waals surface area contributed by atoms with E-state index in [0.717, 1.165) is 40.8 Å². The normalized spacial score (nSPS) is 16.4. The molecule has 1 atom stereocenters. The van der Waals surface area contributed by atoms with Gasteiger partial charge in [-0.2, -0.15) is 0 Å². The number of halogens is 2. The molecule has 206 valence electrons. The highest BCUT2D eigenvalue weighted by molar-refractivity contribution is 5.93. The molecule has 8 heteroatoms. The quantitative estimate of drug-likeness (QED) is 0.399. The molecule has 3 aromatic carbocycles. The summed E-state index contributed by atoms with van der Waals surface area (Å²) < 4.78 is 27.1. The topological polar surface area (TPSA) is 78.7 Å². The van der Waals surface area contributed by atoms with Gasteiger partial charge in [-0.1, -0.05) is 42.5 Å². The lowest BCUT2D eigenvalue weighted by Gasteiger charge is -2.39. The average molecular weight is 535 g/mol. The largest absolute Gasteiger partial charge is 0.368 e. The predicted octanol–water partition coefficient (Wildman–Crippen LogP) is 4.60. The third-order valence-corrected chi connectivity index (χ3v) is 7.50. The minimum absolute atomic E-state index is 0.0342. The molecule has 4 rings (SSSR count). The molecular weight excluding hydrogens is 498 g/mol. The molecule has 0 aliphatic carbocycles.